The normalized spacial score (nSPS) is 13.0. The van der Waals surface area contributed by atoms with Crippen molar-refractivity contribution in [2.75, 3.05) is 6.61 Å². The van der Waals surface area contributed by atoms with Crippen molar-refractivity contribution < 1.29 is 19.4 Å². The van der Waals surface area contributed by atoms with E-state index in [0.29, 0.717) is 30.9 Å². The molecule has 0 fully saturated rings. The molecule has 1 unspecified atom stereocenters. The number of hydrogen-bond acceptors (Lipinski definition) is 5. The second kappa shape index (κ2) is 13.2. The first-order valence-electron chi connectivity index (χ1n) is 12.5. The van der Waals surface area contributed by atoms with Gasteiger partial charge in [-0.2, -0.15) is 0 Å². The van der Waals surface area contributed by atoms with Gasteiger partial charge in [0.2, 0.25) is 0 Å². The lowest BCUT2D eigenvalue weighted by atomic mass is 9.89. The molecule has 37 heavy (non-hydrogen) atoms. The SMILES string of the molecule is CCC(CO)(CCc1ccc(Sc2cccc(OCc3ccccc3)c2)cc1Cl)NC(=O)OC(C)(C)C. The van der Waals surface area contributed by atoms with E-state index in [-0.39, 0.29) is 6.61 Å². The van der Waals surface area contributed by atoms with Crippen molar-refractivity contribution in [3.8, 4) is 5.75 Å². The van der Waals surface area contributed by atoms with Gasteiger partial charge in [-0.15, -0.1) is 0 Å². The summed E-state index contributed by atoms with van der Waals surface area (Å²) in [6, 6.07) is 24.1. The van der Waals surface area contributed by atoms with Crippen LogP contribution in [0.4, 0.5) is 4.79 Å². The van der Waals surface area contributed by atoms with E-state index < -0.39 is 17.2 Å². The molecule has 0 aliphatic carbocycles. The zero-order valence-corrected chi connectivity index (χ0v) is 23.5. The zero-order chi connectivity index (χ0) is 26.9. The van der Waals surface area contributed by atoms with Crippen molar-refractivity contribution in [3.05, 3.63) is 88.9 Å². The maximum atomic E-state index is 12.3. The third kappa shape index (κ3) is 9.29. The summed E-state index contributed by atoms with van der Waals surface area (Å²) in [5, 5.41) is 13.6. The fourth-order valence-corrected chi connectivity index (χ4v) is 5.00. The molecule has 7 heteroatoms. The molecule has 0 aliphatic heterocycles. The highest BCUT2D eigenvalue weighted by Crippen LogP contribution is 2.33. The van der Waals surface area contributed by atoms with Crippen LogP contribution in [0, 0.1) is 0 Å². The fourth-order valence-electron chi connectivity index (χ4n) is 3.75. The maximum Gasteiger partial charge on any atom is 0.408 e. The van der Waals surface area contributed by atoms with Crippen molar-refractivity contribution >= 4 is 29.5 Å². The largest absolute Gasteiger partial charge is 0.489 e. The first kappa shape index (κ1) is 28.9. The van der Waals surface area contributed by atoms with Crippen LogP contribution < -0.4 is 10.1 Å². The van der Waals surface area contributed by atoms with Crippen molar-refractivity contribution in [2.24, 2.45) is 0 Å². The molecule has 0 heterocycles. The molecule has 3 rings (SSSR count). The number of amides is 1. The molecule has 0 saturated carbocycles. The highest BCUT2D eigenvalue weighted by Gasteiger charge is 2.31. The molecule has 198 valence electrons. The number of alkyl carbamates (subject to hydrolysis) is 1. The Balaban J connectivity index is 1.61. The van der Waals surface area contributed by atoms with E-state index in [2.05, 4.69) is 5.32 Å². The predicted molar refractivity (Wildman–Crippen MR) is 151 cm³/mol. The van der Waals surface area contributed by atoms with E-state index in [4.69, 9.17) is 21.1 Å². The molecule has 3 aromatic carbocycles. The van der Waals surface area contributed by atoms with Gasteiger partial charge in [0.15, 0.2) is 0 Å². The van der Waals surface area contributed by atoms with Gasteiger partial charge in [0, 0.05) is 14.8 Å². The van der Waals surface area contributed by atoms with Crippen molar-refractivity contribution in [3.63, 3.8) is 0 Å². The summed E-state index contributed by atoms with van der Waals surface area (Å²) >= 11 is 8.25. The van der Waals surface area contributed by atoms with E-state index in [0.717, 1.165) is 26.7 Å². The molecule has 0 saturated heterocycles. The van der Waals surface area contributed by atoms with Gasteiger partial charge in [-0.3, -0.25) is 0 Å². The van der Waals surface area contributed by atoms with Crippen LogP contribution in [0.2, 0.25) is 5.02 Å². The molecular formula is C30H36ClNO4S. The quantitative estimate of drug-likeness (QED) is 0.261. The standard InChI is InChI=1S/C30H36ClNO4S/c1-5-30(21-33,32-28(34)36-29(2,3)4)17-16-23-14-15-26(19-27(23)31)37-25-13-9-12-24(18-25)35-20-22-10-7-6-8-11-22/h6-15,18-19,33H,5,16-17,20-21H2,1-4H3,(H,32,34). The Kier molecular flexibility index (Phi) is 10.3. The number of rotatable bonds is 11. The molecular weight excluding hydrogens is 506 g/mol. The Morgan fingerprint density at radius 1 is 1.00 bits per heavy atom. The fraction of sp³-hybridized carbons (Fsp3) is 0.367. The van der Waals surface area contributed by atoms with E-state index >= 15 is 0 Å². The van der Waals surface area contributed by atoms with Crippen LogP contribution in [-0.4, -0.2) is 28.9 Å². The van der Waals surface area contributed by atoms with Crippen LogP contribution in [0.15, 0.2) is 82.6 Å². The Morgan fingerprint density at radius 2 is 1.73 bits per heavy atom. The highest BCUT2D eigenvalue weighted by molar-refractivity contribution is 7.99. The molecule has 1 atom stereocenters. The van der Waals surface area contributed by atoms with Crippen LogP contribution in [0.5, 0.6) is 5.75 Å². The number of aryl methyl sites for hydroxylation is 1. The minimum absolute atomic E-state index is 0.184. The van der Waals surface area contributed by atoms with Crippen molar-refractivity contribution in [1.29, 1.82) is 0 Å². The Bertz CT molecular complexity index is 1160. The Morgan fingerprint density at radius 3 is 2.38 bits per heavy atom. The monoisotopic (exact) mass is 541 g/mol. The van der Waals surface area contributed by atoms with Gasteiger partial charge in [0.1, 0.15) is 18.0 Å². The lowest BCUT2D eigenvalue weighted by Crippen LogP contribution is -2.52. The second-order valence-corrected chi connectivity index (χ2v) is 11.6. The van der Waals surface area contributed by atoms with Gasteiger partial charge in [-0.25, -0.2) is 4.79 Å². The summed E-state index contributed by atoms with van der Waals surface area (Å²) in [5.41, 5.74) is 0.698. The molecule has 0 aliphatic rings. The number of halogens is 1. The van der Waals surface area contributed by atoms with E-state index in [9.17, 15) is 9.90 Å². The molecule has 0 aromatic heterocycles. The van der Waals surface area contributed by atoms with Gasteiger partial charge < -0.3 is 19.9 Å². The molecule has 0 bridgehead atoms. The molecule has 1 amide bonds. The average molecular weight is 542 g/mol. The number of aliphatic hydroxyl groups is 1. The van der Waals surface area contributed by atoms with Gasteiger partial charge in [-0.05, 0) is 81.5 Å². The number of nitrogens with one attached hydrogen (secondary N) is 1. The lowest BCUT2D eigenvalue weighted by Gasteiger charge is -2.33. The molecule has 0 radical (unpaired) electrons. The van der Waals surface area contributed by atoms with E-state index in [1.165, 1.54) is 0 Å². The molecule has 5 nitrogen and oxygen atoms in total. The summed E-state index contributed by atoms with van der Waals surface area (Å²) in [7, 11) is 0. The average Bonchev–Trinajstić information content (AvgIpc) is 2.86. The van der Waals surface area contributed by atoms with Crippen LogP contribution in [0.3, 0.4) is 0 Å². The number of ether oxygens (including phenoxy) is 2. The van der Waals surface area contributed by atoms with Gasteiger partial charge in [0.25, 0.3) is 0 Å². The maximum absolute atomic E-state index is 12.3. The van der Waals surface area contributed by atoms with Crippen LogP contribution in [0.25, 0.3) is 0 Å². The predicted octanol–water partition coefficient (Wildman–Crippen LogP) is 7.67. The van der Waals surface area contributed by atoms with Gasteiger partial charge in [0.05, 0.1) is 12.1 Å². The lowest BCUT2D eigenvalue weighted by molar-refractivity contribution is 0.0380. The highest BCUT2D eigenvalue weighted by atomic mass is 35.5. The molecule has 0 spiro atoms. The Labute approximate surface area is 229 Å². The summed E-state index contributed by atoms with van der Waals surface area (Å²) < 4.78 is 11.3. The van der Waals surface area contributed by atoms with Crippen LogP contribution in [-0.2, 0) is 17.8 Å². The number of aliphatic hydroxyl groups excluding tert-OH is 1. The number of carbonyl (C=O) groups excluding carboxylic acids is 1. The summed E-state index contributed by atoms with van der Waals surface area (Å²) in [4.78, 5) is 14.4. The third-order valence-electron chi connectivity index (χ3n) is 5.93. The number of benzene rings is 3. The second-order valence-electron chi connectivity index (χ2n) is 10.0. The summed E-state index contributed by atoms with van der Waals surface area (Å²) in [5.74, 6) is 0.814. The van der Waals surface area contributed by atoms with E-state index in [1.807, 2.05) is 100 Å². The summed E-state index contributed by atoms with van der Waals surface area (Å²) in [6.07, 6.45) is 1.18. The van der Waals surface area contributed by atoms with E-state index in [1.54, 1.807) is 11.8 Å². The molecule has 2 N–H and O–H groups in total. The zero-order valence-electron chi connectivity index (χ0n) is 21.9. The minimum Gasteiger partial charge on any atom is -0.489 e. The first-order valence-corrected chi connectivity index (χ1v) is 13.7. The third-order valence-corrected chi connectivity index (χ3v) is 7.26. The first-order chi connectivity index (χ1) is 17.6. The Hall–Kier alpha value is -2.67. The van der Waals surface area contributed by atoms with Crippen molar-refractivity contribution in [1.82, 2.24) is 5.32 Å². The van der Waals surface area contributed by atoms with Gasteiger partial charge in [-0.1, -0.05) is 72.8 Å². The smallest absolute Gasteiger partial charge is 0.408 e. The number of hydrogen-bond donors (Lipinski definition) is 2. The van der Waals surface area contributed by atoms with Gasteiger partial charge >= 0.3 is 6.09 Å². The van der Waals surface area contributed by atoms with Crippen LogP contribution >= 0.6 is 23.4 Å². The van der Waals surface area contributed by atoms with Crippen molar-refractivity contribution in [2.45, 2.75) is 74.5 Å². The minimum atomic E-state index is -0.778. The summed E-state index contributed by atoms with van der Waals surface area (Å²) in [6.45, 7) is 7.71. The number of carbonyl (C=O) groups is 1. The topological polar surface area (TPSA) is 67.8 Å². The molecule has 3 aromatic rings. The van der Waals surface area contributed by atoms with Crippen LogP contribution in [0.1, 0.15) is 51.7 Å².